The maximum Gasteiger partial charge on any atom is 0.246 e. The summed E-state index contributed by atoms with van der Waals surface area (Å²) in [5, 5.41) is 0. The molecule has 1 aromatic heterocycles. The van der Waals surface area contributed by atoms with E-state index in [0.29, 0.717) is 24.0 Å². The van der Waals surface area contributed by atoms with Gasteiger partial charge in [-0.15, -0.1) is 0 Å². The van der Waals surface area contributed by atoms with Gasteiger partial charge in [0, 0.05) is 18.7 Å². The molecule has 5 nitrogen and oxygen atoms in total. The second kappa shape index (κ2) is 5.87. The first kappa shape index (κ1) is 15.5. The zero-order chi connectivity index (χ0) is 14.9. The van der Waals surface area contributed by atoms with Gasteiger partial charge in [0.25, 0.3) is 0 Å². The van der Waals surface area contributed by atoms with Gasteiger partial charge in [0.15, 0.2) is 0 Å². The number of furan rings is 1. The monoisotopic (exact) mass is 300 g/mol. The topological polar surface area (TPSA) is 76.5 Å². The Morgan fingerprint density at radius 1 is 1.45 bits per heavy atom. The lowest BCUT2D eigenvalue weighted by molar-refractivity contribution is 0.372. The van der Waals surface area contributed by atoms with Crippen molar-refractivity contribution in [1.82, 2.24) is 4.31 Å². The summed E-state index contributed by atoms with van der Waals surface area (Å²) in [7, 11) is -3.47. The number of aryl methyl sites for hydroxylation is 1. The molecule has 1 heterocycles. The summed E-state index contributed by atoms with van der Waals surface area (Å²) in [5.41, 5.74) is 5.52. The molecule has 2 N–H and O–H groups in total. The maximum atomic E-state index is 12.8. The first-order chi connectivity index (χ1) is 9.36. The molecule has 1 aliphatic carbocycles. The Morgan fingerprint density at radius 3 is 2.55 bits per heavy atom. The molecule has 0 spiro atoms. The Labute approximate surface area is 121 Å². The van der Waals surface area contributed by atoms with Crippen molar-refractivity contribution in [1.29, 1.82) is 0 Å². The fraction of sp³-hybridized carbons (Fsp3) is 0.714. The molecule has 114 valence electrons. The van der Waals surface area contributed by atoms with Crippen LogP contribution in [0.25, 0.3) is 0 Å². The van der Waals surface area contributed by atoms with Crippen LogP contribution in [0.2, 0.25) is 0 Å². The van der Waals surface area contributed by atoms with E-state index in [1.165, 1.54) is 0 Å². The van der Waals surface area contributed by atoms with Crippen molar-refractivity contribution in [2.45, 2.75) is 57.5 Å². The van der Waals surface area contributed by atoms with Crippen molar-refractivity contribution in [3.63, 3.8) is 0 Å². The molecule has 0 bridgehead atoms. The summed E-state index contributed by atoms with van der Waals surface area (Å²) in [5.74, 6) is 1.43. The SMILES string of the molecule is Cc1oc(CN)cc1S(=O)(=O)N(CCC(C)C)C1CC1. The minimum atomic E-state index is -3.47. The van der Waals surface area contributed by atoms with E-state index < -0.39 is 10.0 Å². The van der Waals surface area contributed by atoms with Crippen LogP contribution in [0.5, 0.6) is 0 Å². The summed E-state index contributed by atoms with van der Waals surface area (Å²) >= 11 is 0. The predicted molar refractivity (Wildman–Crippen MR) is 77.7 cm³/mol. The van der Waals surface area contributed by atoms with E-state index in [9.17, 15) is 8.42 Å². The number of rotatable bonds is 7. The second-order valence-corrected chi connectivity index (χ2v) is 7.73. The second-order valence-electron chi connectivity index (χ2n) is 5.87. The minimum absolute atomic E-state index is 0.161. The highest BCUT2D eigenvalue weighted by Gasteiger charge is 2.39. The summed E-state index contributed by atoms with van der Waals surface area (Å²) in [6.07, 6.45) is 2.78. The lowest BCUT2D eigenvalue weighted by Crippen LogP contribution is -2.34. The smallest absolute Gasteiger partial charge is 0.246 e. The molecule has 1 saturated carbocycles. The standard InChI is InChI=1S/C14H24N2O3S/c1-10(2)6-7-16(12-4-5-12)20(17,18)14-8-13(9-15)19-11(14)3/h8,10,12H,4-7,9,15H2,1-3H3. The van der Waals surface area contributed by atoms with Gasteiger partial charge < -0.3 is 10.2 Å². The molecule has 1 aliphatic rings. The summed E-state index contributed by atoms with van der Waals surface area (Å²) < 4.78 is 32.6. The zero-order valence-corrected chi connectivity index (χ0v) is 13.2. The number of nitrogens with zero attached hydrogens (tertiary/aromatic N) is 1. The van der Waals surface area contributed by atoms with Crippen LogP contribution in [0.3, 0.4) is 0 Å². The predicted octanol–water partition coefficient (Wildman–Crippen LogP) is 2.25. The van der Waals surface area contributed by atoms with Crippen molar-refractivity contribution < 1.29 is 12.8 Å². The van der Waals surface area contributed by atoms with Crippen LogP contribution in [-0.2, 0) is 16.6 Å². The Balaban J connectivity index is 2.27. The van der Waals surface area contributed by atoms with Gasteiger partial charge in [0.2, 0.25) is 10.0 Å². The quantitative estimate of drug-likeness (QED) is 0.838. The molecule has 0 amide bonds. The average Bonchev–Trinajstić information content (AvgIpc) is 3.10. The molecule has 6 heteroatoms. The molecule has 0 unspecified atom stereocenters. The van der Waals surface area contributed by atoms with Crippen molar-refractivity contribution in [2.75, 3.05) is 6.54 Å². The van der Waals surface area contributed by atoms with Crippen LogP contribution in [0.1, 0.15) is 44.6 Å². The summed E-state index contributed by atoms with van der Waals surface area (Å²) in [6, 6.07) is 1.73. The van der Waals surface area contributed by atoms with Crippen LogP contribution in [-0.4, -0.2) is 25.3 Å². The zero-order valence-electron chi connectivity index (χ0n) is 12.4. The third-order valence-corrected chi connectivity index (χ3v) is 5.65. The molecular weight excluding hydrogens is 276 g/mol. The molecule has 2 rings (SSSR count). The Bertz CT molecular complexity index is 559. The molecule has 0 atom stereocenters. The van der Waals surface area contributed by atoms with Gasteiger partial charge in [-0.1, -0.05) is 13.8 Å². The van der Waals surface area contributed by atoms with E-state index in [1.54, 1.807) is 17.3 Å². The first-order valence-electron chi connectivity index (χ1n) is 7.17. The maximum absolute atomic E-state index is 12.8. The highest BCUT2D eigenvalue weighted by molar-refractivity contribution is 7.89. The van der Waals surface area contributed by atoms with E-state index in [0.717, 1.165) is 19.3 Å². The number of hydrogen-bond acceptors (Lipinski definition) is 4. The van der Waals surface area contributed by atoms with Crippen molar-refractivity contribution in [2.24, 2.45) is 11.7 Å². The van der Waals surface area contributed by atoms with Gasteiger partial charge >= 0.3 is 0 Å². The summed E-state index contributed by atoms with van der Waals surface area (Å²) in [4.78, 5) is 0.272. The minimum Gasteiger partial charge on any atom is -0.464 e. The number of nitrogens with two attached hydrogens (primary N) is 1. The average molecular weight is 300 g/mol. The van der Waals surface area contributed by atoms with Crippen LogP contribution >= 0.6 is 0 Å². The van der Waals surface area contributed by atoms with E-state index in [4.69, 9.17) is 10.2 Å². The first-order valence-corrected chi connectivity index (χ1v) is 8.61. The third-order valence-electron chi connectivity index (χ3n) is 3.59. The fourth-order valence-electron chi connectivity index (χ4n) is 2.25. The Kier molecular flexibility index (Phi) is 4.56. The van der Waals surface area contributed by atoms with Crippen LogP contribution in [0.4, 0.5) is 0 Å². The Hall–Kier alpha value is -0.850. The van der Waals surface area contributed by atoms with Gasteiger partial charge in [0.05, 0.1) is 6.54 Å². The number of hydrogen-bond donors (Lipinski definition) is 1. The summed E-state index contributed by atoms with van der Waals surface area (Å²) in [6.45, 7) is 6.68. The van der Waals surface area contributed by atoms with E-state index >= 15 is 0 Å². The fourth-order valence-corrected chi connectivity index (χ4v) is 4.14. The molecule has 1 aromatic rings. The molecular formula is C14H24N2O3S. The van der Waals surface area contributed by atoms with Gasteiger partial charge in [-0.2, -0.15) is 4.31 Å². The van der Waals surface area contributed by atoms with Crippen molar-refractivity contribution in [3.05, 3.63) is 17.6 Å². The van der Waals surface area contributed by atoms with Gasteiger partial charge in [-0.3, -0.25) is 0 Å². The molecule has 0 aliphatic heterocycles. The highest BCUT2D eigenvalue weighted by atomic mass is 32.2. The van der Waals surface area contributed by atoms with Crippen LogP contribution < -0.4 is 5.73 Å². The van der Waals surface area contributed by atoms with E-state index in [1.807, 2.05) is 0 Å². The van der Waals surface area contributed by atoms with E-state index in [2.05, 4.69) is 13.8 Å². The number of sulfonamides is 1. The van der Waals surface area contributed by atoms with Crippen molar-refractivity contribution in [3.8, 4) is 0 Å². The molecule has 20 heavy (non-hydrogen) atoms. The lowest BCUT2D eigenvalue weighted by atomic mass is 10.1. The Morgan fingerprint density at radius 2 is 2.10 bits per heavy atom. The van der Waals surface area contributed by atoms with Crippen molar-refractivity contribution >= 4 is 10.0 Å². The molecule has 0 aromatic carbocycles. The molecule has 0 radical (unpaired) electrons. The van der Waals surface area contributed by atoms with E-state index in [-0.39, 0.29) is 17.5 Å². The largest absolute Gasteiger partial charge is 0.464 e. The normalized spacial score (nSPS) is 16.3. The lowest BCUT2D eigenvalue weighted by Gasteiger charge is -2.22. The van der Waals surface area contributed by atoms with Crippen LogP contribution in [0, 0.1) is 12.8 Å². The van der Waals surface area contributed by atoms with Gasteiger partial charge in [0.1, 0.15) is 16.4 Å². The molecule has 0 saturated heterocycles. The molecule has 1 fully saturated rings. The van der Waals surface area contributed by atoms with Crippen LogP contribution in [0.15, 0.2) is 15.4 Å². The van der Waals surface area contributed by atoms with Gasteiger partial charge in [-0.05, 0) is 32.1 Å². The van der Waals surface area contributed by atoms with Gasteiger partial charge in [-0.25, -0.2) is 8.42 Å². The third kappa shape index (κ3) is 3.24. The highest BCUT2D eigenvalue weighted by Crippen LogP contribution is 2.34.